The van der Waals surface area contributed by atoms with E-state index < -0.39 is 11.4 Å². The number of ether oxygens (including phenoxy) is 1. The molecular weight excluding hydrogens is 284 g/mol. The van der Waals surface area contributed by atoms with Crippen molar-refractivity contribution in [1.82, 2.24) is 0 Å². The van der Waals surface area contributed by atoms with Gasteiger partial charge in [0.25, 0.3) is 0 Å². The van der Waals surface area contributed by atoms with Crippen molar-refractivity contribution in [2.45, 2.75) is 19.3 Å². The highest BCUT2D eigenvalue weighted by atomic mass is 79.9. The minimum Gasteiger partial charge on any atom is -0.492 e. The molecule has 1 aromatic rings. The maximum Gasteiger partial charge on any atom is 0.309 e. The molecule has 3 saturated carbocycles. The molecule has 0 aliphatic heterocycles. The number of halogens is 1. The van der Waals surface area contributed by atoms with E-state index in [1.165, 1.54) is 0 Å². The maximum absolute atomic E-state index is 11.0. The van der Waals surface area contributed by atoms with Crippen LogP contribution in [0.1, 0.15) is 19.3 Å². The Labute approximate surface area is 108 Å². The molecule has 0 spiro atoms. The van der Waals surface area contributed by atoms with Gasteiger partial charge in [-0.15, -0.1) is 0 Å². The molecule has 4 heteroatoms. The fourth-order valence-corrected chi connectivity index (χ4v) is 3.57. The lowest BCUT2D eigenvalue weighted by Gasteiger charge is -2.67. The summed E-state index contributed by atoms with van der Waals surface area (Å²) in [7, 11) is 0. The molecule has 1 N–H and O–H groups in total. The lowest BCUT2D eigenvalue weighted by atomic mass is 9.35. The van der Waals surface area contributed by atoms with Crippen LogP contribution in [0.4, 0.5) is 0 Å². The zero-order valence-electron chi connectivity index (χ0n) is 9.28. The van der Waals surface area contributed by atoms with Crippen LogP contribution in [0.3, 0.4) is 0 Å². The lowest BCUT2D eigenvalue weighted by molar-refractivity contribution is -0.231. The number of carbonyl (C=O) groups is 1. The number of hydrogen-bond acceptors (Lipinski definition) is 2. The fourth-order valence-electron chi connectivity index (χ4n) is 3.17. The van der Waals surface area contributed by atoms with Gasteiger partial charge in [0.2, 0.25) is 0 Å². The highest BCUT2D eigenvalue weighted by Gasteiger charge is 2.72. The monoisotopic (exact) mass is 296 g/mol. The molecule has 0 saturated heterocycles. The Hall–Kier alpha value is -1.03. The zero-order chi connectivity index (χ0) is 12.1. The van der Waals surface area contributed by atoms with Crippen LogP contribution in [0.15, 0.2) is 28.7 Å². The van der Waals surface area contributed by atoms with E-state index in [2.05, 4.69) is 15.9 Å². The van der Waals surface area contributed by atoms with Crippen molar-refractivity contribution in [3.63, 3.8) is 0 Å². The first-order valence-corrected chi connectivity index (χ1v) is 6.45. The van der Waals surface area contributed by atoms with Crippen LogP contribution >= 0.6 is 15.9 Å². The first-order valence-electron chi connectivity index (χ1n) is 5.66. The Morgan fingerprint density at radius 3 is 2.59 bits per heavy atom. The highest BCUT2D eigenvalue weighted by molar-refractivity contribution is 9.10. The van der Waals surface area contributed by atoms with Gasteiger partial charge in [-0.25, -0.2) is 0 Å². The first-order chi connectivity index (χ1) is 8.05. The van der Waals surface area contributed by atoms with Gasteiger partial charge in [-0.1, -0.05) is 12.1 Å². The van der Waals surface area contributed by atoms with Gasteiger partial charge in [-0.3, -0.25) is 4.79 Å². The highest BCUT2D eigenvalue weighted by Crippen LogP contribution is 2.73. The van der Waals surface area contributed by atoms with Crippen molar-refractivity contribution < 1.29 is 14.6 Å². The van der Waals surface area contributed by atoms with E-state index in [-0.39, 0.29) is 5.41 Å². The van der Waals surface area contributed by atoms with Gasteiger partial charge in [0.15, 0.2) is 0 Å². The Balaban J connectivity index is 1.59. The molecular formula is C13H13BrO3. The molecule has 3 aliphatic carbocycles. The third-order valence-electron chi connectivity index (χ3n) is 3.96. The standard InChI is InChI=1S/C13H13BrO3/c14-9-3-1-2-4-10(9)17-8-12-5-13(6-12,7-12)11(15)16/h1-4H,5-8H2,(H,15,16). The van der Waals surface area contributed by atoms with Gasteiger partial charge in [0.05, 0.1) is 16.5 Å². The summed E-state index contributed by atoms with van der Waals surface area (Å²) < 4.78 is 6.71. The SMILES string of the molecule is O=C(O)C12CC(COc3ccccc3Br)(C1)C2. The second-order valence-electron chi connectivity index (χ2n) is 5.33. The summed E-state index contributed by atoms with van der Waals surface area (Å²) in [5, 5.41) is 9.03. The third kappa shape index (κ3) is 1.58. The second kappa shape index (κ2) is 3.48. The molecule has 1 aromatic carbocycles. The van der Waals surface area contributed by atoms with E-state index >= 15 is 0 Å². The van der Waals surface area contributed by atoms with Gasteiger partial charge in [-0.2, -0.15) is 0 Å². The summed E-state index contributed by atoms with van der Waals surface area (Å²) in [4.78, 5) is 11.0. The quantitative estimate of drug-likeness (QED) is 0.929. The van der Waals surface area contributed by atoms with E-state index in [9.17, 15) is 4.79 Å². The molecule has 3 nitrogen and oxygen atoms in total. The van der Waals surface area contributed by atoms with Crippen LogP contribution in [0.2, 0.25) is 0 Å². The topological polar surface area (TPSA) is 46.5 Å². The zero-order valence-corrected chi connectivity index (χ0v) is 10.9. The summed E-state index contributed by atoms with van der Waals surface area (Å²) in [5.74, 6) is 0.196. The van der Waals surface area contributed by atoms with Crippen LogP contribution in [0.5, 0.6) is 5.75 Å². The number of carboxylic acids is 1. The van der Waals surface area contributed by atoms with Gasteiger partial charge < -0.3 is 9.84 Å². The minimum atomic E-state index is -0.639. The Kier molecular flexibility index (Phi) is 2.27. The molecule has 0 amide bonds. The van der Waals surface area contributed by atoms with Crippen molar-refractivity contribution in [3.8, 4) is 5.75 Å². The van der Waals surface area contributed by atoms with Crippen molar-refractivity contribution in [3.05, 3.63) is 28.7 Å². The number of para-hydroxylation sites is 1. The molecule has 2 bridgehead atoms. The number of hydrogen-bond donors (Lipinski definition) is 1. The largest absolute Gasteiger partial charge is 0.492 e. The van der Waals surface area contributed by atoms with Crippen LogP contribution in [-0.4, -0.2) is 17.7 Å². The van der Waals surface area contributed by atoms with E-state index in [4.69, 9.17) is 9.84 Å². The maximum atomic E-state index is 11.0. The van der Waals surface area contributed by atoms with Crippen LogP contribution in [0, 0.1) is 10.8 Å². The predicted octanol–water partition coefficient (Wildman–Crippen LogP) is 3.08. The van der Waals surface area contributed by atoms with Gasteiger partial charge in [0.1, 0.15) is 5.75 Å². The third-order valence-corrected chi connectivity index (χ3v) is 4.62. The van der Waals surface area contributed by atoms with Crippen molar-refractivity contribution in [2.24, 2.45) is 10.8 Å². The van der Waals surface area contributed by atoms with Gasteiger partial charge in [0, 0.05) is 5.41 Å². The average molecular weight is 297 g/mol. The molecule has 3 aliphatic rings. The average Bonchev–Trinajstić information content (AvgIpc) is 2.16. The van der Waals surface area contributed by atoms with E-state index in [0.717, 1.165) is 29.5 Å². The predicted molar refractivity (Wildman–Crippen MR) is 66.0 cm³/mol. The molecule has 0 radical (unpaired) electrons. The van der Waals surface area contributed by atoms with Gasteiger partial charge in [-0.05, 0) is 47.3 Å². The molecule has 0 aromatic heterocycles. The first kappa shape index (κ1) is 11.1. The van der Waals surface area contributed by atoms with Crippen LogP contribution in [0.25, 0.3) is 0 Å². The summed E-state index contributed by atoms with van der Waals surface area (Å²) in [6, 6.07) is 7.73. The van der Waals surface area contributed by atoms with Gasteiger partial charge >= 0.3 is 5.97 Å². The van der Waals surface area contributed by atoms with Crippen molar-refractivity contribution in [2.75, 3.05) is 6.61 Å². The molecule has 0 heterocycles. The summed E-state index contributed by atoms with van der Waals surface area (Å²) in [6.07, 6.45) is 2.33. The molecule has 4 rings (SSSR count). The van der Waals surface area contributed by atoms with Crippen LogP contribution in [-0.2, 0) is 4.79 Å². The smallest absolute Gasteiger partial charge is 0.309 e. The summed E-state index contributed by atoms with van der Waals surface area (Å²) in [6.45, 7) is 0.630. The van der Waals surface area contributed by atoms with E-state index in [1.54, 1.807) is 0 Å². The number of rotatable bonds is 4. The molecule has 90 valence electrons. The fraction of sp³-hybridized carbons (Fsp3) is 0.462. The lowest BCUT2D eigenvalue weighted by Crippen LogP contribution is -2.67. The van der Waals surface area contributed by atoms with E-state index in [0.29, 0.717) is 6.61 Å². The number of benzene rings is 1. The summed E-state index contributed by atoms with van der Waals surface area (Å²) in [5.41, 5.74) is -0.273. The Bertz CT molecular complexity index is 464. The van der Waals surface area contributed by atoms with E-state index in [1.807, 2.05) is 24.3 Å². The summed E-state index contributed by atoms with van der Waals surface area (Å²) >= 11 is 3.43. The second-order valence-corrected chi connectivity index (χ2v) is 6.19. The van der Waals surface area contributed by atoms with Crippen molar-refractivity contribution in [1.29, 1.82) is 0 Å². The molecule has 3 fully saturated rings. The number of aliphatic carboxylic acids is 1. The van der Waals surface area contributed by atoms with Crippen LogP contribution < -0.4 is 4.74 Å². The number of carboxylic acid groups (broad SMARTS) is 1. The Morgan fingerprint density at radius 1 is 1.35 bits per heavy atom. The molecule has 0 unspecified atom stereocenters. The van der Waals surface area contributed by atoms with Crippen molar-refractivity contribution >= 4 is 21.9 Å². The normalized spacial score (nSPS) is 33.5. The molecule has 17 heavy (non-hydrogen) atoms. The minimum absolute atomic E-state index is 0.133. The Morgan fingerprint density at radius 2 is 2.00 bits per heavy atom. The molecule has 0 atom stereocenters.